The van der Waals surface area contributed by atoms with Crippen LogP contribution < -0.4 is 10.2 Å². The third-order valence-corrected chi connectivity index (χ3v) is 9.50. The molecule has 3 atom stereocenters. The fraction of sp³-hybridized carbons (Fsp3) is 0.520. The molecule has 8 heteroatoms. The van der Waals surface area contributed by atoms with E-state index in [1.807, 2.05) is 12.1 Å². The first kappa shape index (κ1) is 21.6. The number of hydrogen-bond donors (Lipinski definition) is 2. The summed E-state index contributed by atoms with van der Waals surface area (Å²) in [5.74, 6) is 2.06. The Morgan fingerprint density at radius 3 is 2.67 bits per heavy atom. The monoisotopic (exact) mass is 484 g/mol. The predicted octanol–water partition coefficient (Wildman–Crippen LogP) is 4.34. The van der Waals surface area contributed by atoms with E-state index in [0.29, 0.717) is 17.6 Å². The highest BCUT2D eigenvalue weighted by molar-refractivity contribution is 7.85. The fourth-order valence-electron chi connectivity index (χ4n) is 5.61. The van der Waals surface area contributed by atoms with Gasteiger partial charge in [0.25, 0.3) is 0 Å². The van der Waals surface area contributed by atoms with Crippen LogP contribution >= 0.6 is 11.6 Å². The molecule has 2 fully saturated rings. The van der Waals surface area contributed by atoms with Crippen LogP contribution in [-0.2, 0) is 17.2 Å². The van der Waals surface area contributed by atoms with Crippen molar-refractivity contribution in [3.8, 4) is 0 Å². The highest BCUT2D eigenvalue weighted by Gasteiger charge is 2.44. The second-order valence-electron chi connectivity index (χ2n) is 9.84. The lowest BCUT2D eigenvalue weighted by Crippen LogP contribution is -2.58. The van der Waals surface area contributed by atoms with Crippen LogP contribution in [0, 0.1) is 0 Å². The lowest BCUT2D eigenvalue weighted by Gasteiger charge is -2.52. The van der Waals surface area contributed by atoms with Gasteiger partial charge in [0.2, 0.25) is 5.95 Å². The maximum Gasteiger partial charge on any atom is 0.228 e. The molecular weight excluding hydrogens is 456 g/mol. The predicted molar refractivity (Wildman–Crippen MR) is 132 cm³/mol. The molecule has 1 aromatic carbocycles. The van der Waals surface area contributed by atoms with Crippen molar-refractivity contribution >= 4 is 39.7 Å². The van der Waals surface area contributed by atoms with Gasteiger partial charge >= 0.3 is 0 Å². The average molecular weight is 485 g/mol. The maximum absolute atomic E-state index is 13.1. The van der Waals surface area contributed by atoms with Gasteiger partial charge in [-0.25, -0.2) is 4.98 Å². The van der Waals surface area contributed by atoms with Crippen LogP contribution in [0.25, 0.3) is 5.57 Å². The molecule has 5 aliphatic rings. The van der Waals surface area contributed by atoms with Gasteiger partial charge in [0, 0.05) is 16.8 Å². The summed E-state index contributed by atoms with van der Waals surface area (Å²) < 4.78 is 13.1. The van der Waals surface area contributed by atoms with Crippen molar-refractivity contribution in [2.24, 2.45) is 0 Å². The van der Waals surface area contributed by atoms with Crippen molar-refractivity contribution in [1.29, 1.82) is 0 Å². The minimum atomic E-state index is -1.11. The topological polar surface area (TPSA) is 78.4 Å². The van der Waals surface area contributed by atoms with Crippen molar-refractivity contribution in [1.82, 2.24) is 9.97 Å². The summed E-state index contributed by atoms with van der Waals surface area (Å²) in [7, 11) is -1.11. The Morgan fingerprint density at radius 2 is 2.00 bits per heavy atom. The third-order valence-electron chi connectivity index (χ3n) is 7.70. The van der Waals surface area contributed by atoms with Crippen molar-refractivity contribution in [3.05, 3.63) is 46.6 Å². The molecule has 3 aliphatic heterocycles. The summed E-state index contributed by atoms with van der Waals surface area (Å²) in [4.78, 5) is 13.0. The molecule has 6 nitrogen and oxygen atoms in total. The van der Waals surface area contributed by atoms with E-state index in [2.05, 4.69) is 28.4 Å². The molecule has 1 saturated carbocycles. The van der Waals surface area contributed by atoms with E-state index >= 15 is 0 Å². The molecule has 1 saturated heterocycles. The fourth-order valence-corrected chi connectivity index (χ4v) is 7.13. The molecule has 2 unspecified atom stereocenters. The second-order valence-corrected chi connectivity index (χ2v) is 11.8. The van der Waals surface area contributed by atoms with E-state index in [9.17, 15) is 9.32 Å². The van der Waals surface area contributed by atoms with Gasteiger partial charge in [-0.3, -0.25) is 4.21 Å². The summed E-state index contributed by atoms with van der Waals surface area (Å²) in [5, 5.41) is 14.3. The van der Waals surface area contributed by atoms with Crippen molar-refractivity contribution in [2.75, 3.05) is 22.6 Å². The van der Waals surface area contributed by atoms with Crippen molar-refractivity contribution in [2.45, 2.75) is 73.9 Å². The standard InChI is InChI=1S/C25H29ClN4O2S/c26-18-7-5-16(6-8-18)17-12-19-14-20(13-17)30(19)24-27-21-4-1-2-11-33(32)22(21)23(28-24)29-25(15-31)9-3-10-25/h5-8,12,19-20,31H,1-4,9-11,13-15H2,(H,27,28,29)/t19?,20?,33-/m0/s1. The zero-order valence-electron chi connectivity index (χ0n) is 18.6. The first-order chi connectivity index (χ1) is 16.0. The van der Waals surface area contributed by atoms with Gasteiger partial charge in [-0.1, -0.05) is 29.8 Å². The normalized spacial score (nSPS) is 27.5. The number of aryl methyl sites for hydroxylation is 1. The zero-order chi connectivity index (χ0) is 22.6. The van der Waals surface area contributed by atoms with Gasteiger partial charge in [0.1, 0.15) is 10.7 Å². The largest absolute Gasteiger partial charge is 0.394 e. The second kappa shape index (κ2) is 8.36. The van der Waals surface area contributed by atoms with Gasteiger partial charge in [0.15, 0.2) is 0 Å². The molecule has 33 heavy (non-hydrogen) atoms. The number of aromatic nitrogens is 2. The smallest absolute Gasteiger partial charge is 0.228 e. The van der Waals surface area contributed by atoms with Crippen molar-refractivity contribution in [3.63, 3.8) is 0 Å². The Bertz CT molecular complexity index is 1130. The Kier molecular flexibility index (Phi) is 5.46. The molecule has 2 bridgehead atoms. The Hall–Kier alpha value is -1.96. The number of rotatable bonds is 5. The first-order valence-electron chi connectivity index (χ1n) is 12.0. The molecule has 0 amide bonds. The van der Waals surface area contributed by atoms with Crippen LogP contribution in [0.1, 0.15) is 56.2 Å². The molecule has 1 aromatic heterocycles. The molecule has 2 N–H and O–H groups in total. The number of hydrogen-bond acceptors (Lipinski definition) is 6. The summed E-state index contributed by atoms with van der Waals surface area (Å²) in [6.45, 7) is 0.0654. The number of benzene rings is 1. The summed E-state index contributed by atoms with van der Waals surface area (Å²) in [6, 6.07) is 8.70. The average Bonchev–Trinajstić information content (AvgIpc) is 2.98. The first-order valence-corrected chi connectivity index (χ1v) is 13.7. The molecule has 0 spiro atoms. The number of halogens is 1. The third kappa shape index (κ3) is 3.78. The Balaban J connectivity index is 1.35. The maximum atomic E-state index is 13.1. The minimum absolute atomic E-state index is 0.0654. The molecule has 0 radical (unpaired) electrons. The quantitative estimate of drug-likeness (QED) is 0.657. The Labute approximate surface area is 201 Å². The van der Waals surface area contributed by atoms with E-state index in [0.717, 1.165) is 72.9 Å². The number of aliphatic hydroxyl groups is 1. The molecular formula is C25H29ClN4O2S. The Morgan fingerprint density at radius 1 is 1.18 bits per heavy atom. The number of nitrogens with one attached hydrogen (secondary N) is 1. The number of fused-ring (bicyclic) bond motifs is 2. The van der Waals surface area contributed by atoms with Crippen molar-refractivity contribution < 1.29 is 9.32 Å². The number of aliphatic hydroxyl groups excluding tert-OH is 1. The summed E-state index contributed by atoms with van der Waals surface area (Å²) in [6.07, 6.45) is 10.1. The van der Waals surface area contributed by atoms with Crippen LogP contribution in [0.15, 0.2) is 35.2 Å². The highest BCUT2D eigenvalue weighted by atomic mass is 35.5. The number of anilines is 2. The van der Waals surface area contributed by atoms with Crippen LogP contribution in [0.2, 0.25) is 5.02 Å². The lowest BCUT2D eigenvalue weighted by atomic mass is 9.77. The lowest BCUT2D eigenvalue weighted by molar-refractivity contribution is 0.143. The van der Waals surface area contributed by atoms with Crippen LogP contribution in [0.5, 0.6) is 0 Å². The van der Waals surface area contributed by atoms with E-state index < -0.39 is 10.8 Å². The van der Waals surface area contributed by atoms with Gasteiger partial charge in [-0.05, 0) is 74.6 Å². The minimum Gasteiger partial charge on any atom is -0.394 e. The SMILES string of the molecule is O=[S@]1CCCCc2nc(N3C4C=C(c5ccc(Cl)cc5)CC3C4)nc(NC3(CO)CCC3)c21. The van der Waals surface area contributed by atoms with Gasteiger partial charge in [-0.2, -0.15) is 4.98 Å². The zero-order valence-corrected chi connectivity index (χ0v) is 20.2. The molecule has 2 aromatic rings. The molecule has 2 aliphatic carbocycles. The molecule has 4 heterocycles. The highest BCUT2D eigenvalue weighted by Crippen LogP contribution is 2.44. The van der Waals surface area contributed by atoms with E-state index in [4.69, 9.17) is 21.6 Å². The van der Waals surface area contributed by atoms with Gasteiger partial charge in [-0.15, -0.1) is 0 Å². The molecule has 7 rings (SSSR count). The van der Waals surface area contributed by atoms with Crippen LogP contribution in [0.3, 0.4) is 0 Å². The van der Waals surface area contributed by atoms with E-state index in [-0.39, 0.29) is 18.2 Å². The van der Waals surface area contributed by atoms with E-state index in [1.54, 1.807) is 0 Å². The summed E-state index contributed by atoms with van der Waals surface area (Å²) in [5.41, 5.74) is 3.15. The van der Waals surface area contributed by atoms with E-state index in [1.165, 1.54) is 11.1 Å². The van der Waals surface area contributed by atoms with Crippen LogP contribution in [0.4, 0.5) is 11.8 Å². The van der Waals surface area contributed by atoms with Gasteiger partial charge in [0.05, 0.1) is 34.7 Å². The molecule has 174 valence electrons. The van der Waals surface area contributed by atoms with Gasteiger partial charge < -0.3 is 15.3 Å². The summed E-state index contributed by atoms with van der Waals surface area (Å²) >= 11 is 6.07. The van der Waals surface area contributed by atoms with Crippen LogP contribution in [-0.4, -0.2) is 49.3 Å². The number of nitrogens with zero attached hydrogens (tertiary/aromatic N) is 3.